The Bertz CT molecular complexity index is 388. The number of nitrogens with zero attached hydrogens (tertiary/aromatic N) is 2. The van der Waals surface area contributed by atoms with Crippen LogP contribution in [-0.2, 0) is 9.53 Å². The van der Waals surface area contributed by atoms with Crippen molar-refractivity contribution >= 4 is 11.9 Å². The molecule has 0 aromatic carbocycles. The molecule has 0 aliphatic carbocycles. The molecule has 7 heteroatoms. The molecule has 2 atom stereocenters. The first-order valence-corrected chi connectivity index (χ1v) is 8.14. The molecule has 0 spiro atoms. The predicted octanol–water partition coefficient (Wildman–Crippen LogP) is 0.0156. The average molecular weight is 312 g/mol. The highest BCUT2D eigenvalue weighted by atomic mass is 16.5. The van der Waals surface area contributed by atoms with Crippen molar-refractivity contribution in [2.75, 3.05) is 39.4 Å². The van der Waals surface area contributed by atoms with Gasteiger partial charge in [0.1, 0.15) is 0 Å². The molecule has 2 aliphatic heterocycles. The molecule has 2 rings (SSSR count). The van der Waals surface area contributed by atoms with Gasteiger partial charge in [0.2, 0.25) is 5.91 Å². The van der Waals surface area contributed by atoms with Crippen molar-refractivity contribution in [3.8, 4) is 0 Å². The lowest BCUT2D eigenvalue weighted by molar-refractivity contribution is -0.125. The Morgan fingerprint density at radius 2 is 1.82 bits per heavy atom. The normalized spacial score (nSPS) is 25.2. The second-order valence-corrected chi connectivity index (χ2v) is 6.38. The third kappa shape index (κ3) is 4.66. The monoisotopic (exact) mass is 312 g/mol. The van der Waals surface area contributed by atoms with Crippen LogP contribution in [0, 0.1) is 0 Å². The number of urea groups is 1. The summed E-state index contributed by atoms with van der Waals surface area (Å²) in [4.78, 5) is 28.3. The largest absolute Gasteiger partial charge is 0.380 e. The van der Waals surface area contributed by atoms with E-state index >= 15 is 0 Å². The number of imide groups is 1. The molecule has 0 radical (unpaired) electrons. The average Bonchev–Trinajstić information content (AvgIpc) is 2.99. The zero-order chi connectivity index (χ0) is 16.1. The van der Waals surface area contributed by atoms with Crippen LogP contribution in [0.25, 0.3) is 0 Å². The van der Waals surface area contributed by atoms with E-state index in [0.717, 1.165) is 45.8 Å². The highest BCUT2D eigenvalue weighted by Gasteiger charge is 2.30. The summed E-state index contributed by atoms with van der Waals surface area (Å²) in [5.74, 6) is -0.240. The SMILES string of the molecule is CC(C)NC(=O)NC(=O)C(C)N1CCN(C2CCOC2)CC1. The van der Waals surface area contributed by atoms with Crippen LogP contribution in [0.5, 0.6) is 0 Å². The fraction of sp³-hybridized carbons (Fsp3) is 0.867. The topological polar surface area (TPSA) is 73.9 Å². The van der Waals surface area contributed by atoms with Crippen molar-refractivity contribution in [3.63, 3.8) is 0 Å². The molecule has 7 nitrogen and oxygen atoms in total. The number of piperazine rings is 1. The number of carbonyl (C=O) groups excluding carboxylic acids is 2. The maximum absolute atomic E-state index is 12.1. The number of rotatable bonds is 4. The van der Waals surface area contributed by atoms with Gasteiger partial charge in [0.25, 0.3) is 0 Å². The van der Waals surface area contributed by atoms with Gasteiger partial charge in [-0.3, -0.25) is 19.9 Å². The maximum Gasteiger partial charge on any atom is 0.321 e. The van der Waals surface area contributed by atoms with Crippen LogP contribution in [0.2, 0.25) is 0 Å². The van der Waals surface area contributed by atoms with Gasteiger partial charge >= 0.3 is 6.03 Å². The molecule has 0 bridgehead atoms. The van der Waals surface area contributed by atoms with Gasteiger partial charge in [-0.05, 0) is 27.2 Å². The highest BCUT2D eigenvalue weighted by molar-refractivity contribution is 5.96. The first kappa shape index (κ1) is 17.2. The quantitative estimate of drug-likeness (QED) is 0.765. The van der Waals surface area contributed by atoms with Crippen LogP contribution in [0.15, 0.2) is 0 Å². The number of carbonyl (C=O) groups is 2. The molecule has 126 valence electrons. The molecule has 2 saturated heterocycles. The van der Waals surface area contributed by atoms with Crippen LogP contribution < -0.4 is 10.6 Å². The lowest BCUT2D eigenvalue weighted by atomic mass is 10.1. The van der Waals surface area contributed by atoms with Gasteiger partial charge in [0.15, 0.2) is 0 Å². The molecular formula is C15H28N4O3. The van der Waals surface area contributed by atoms with Gasteiger partial charge in [0, 0.05) is 44.9 Å². The van der Waals surface area contributed by atoms with Crippen molar-refractivity contribution in [1.82, 2.24) is 20.4 Å². The molecule has 0 aromatic rings. The molecule has 2 N–H and O–H groups in total. The zero-order valence-electron chi connectivity index (χ0n) is 13.8. The van der Waals surface area contributed by atoms with E-state index in [1.807, 2.05) is 20.8 Å². The van der Waals surface area contributed by atoms with Crippen LogP contribution in [0.1, 0.15) is 27.2 Å². The van der Waals surface area contributed by atoms with Gasteiger partial charge in [-0.25, -0.2) is 4.79 Å². The van der Waals surface area contributed by atoms with Crippen LogP contribution >= 0.6 is 0 Å². The minimum Gasteiger partial charge on any atom is -0.380 e. The van der Waals surface area contributed by atoms with Gasteiger partial charge < -0.3 is 10.1 Å². The number of amides is 3. The Morgan fingerprint density at radius 3 is 2.36 bits per heavy atom. The molecule has 3 amide bonds. The second-order valence-electron chi connectivity index (χ2n) is 6.38. The summed E-state index contributed by atoms with van der Waals surface area (Å²) in [7, 11) is 0. The van der Waals surface area contributed by atoms with Gasteiger partial charge in [0.05, 0.1) is 12.6 Å². The number of hydrogen-bond acceptors (Lipinski definition) is 5. The smallest absolute Gasteiger partial charge is 0.321 e. The van der Waals surface area contributed by atoms with E-state index in [4.69, 9.17) is 4.74 Å². The van der Waals surface area contributed by atoms with E-state index in [1.54, 1.807) is 0 Å². The molecule has 22 heavy (non-hydrogen) atoms. The van der Waals surface area contributed by atoms with Crippen molar-refractivity contribution < 1.29 is 14.3 Å². The lowest BCUT2D eigenvalue weighted by Crippen LogP contribution is -2.57. The molecule has 0 aromatic heterocycles. The Hall–Kier alpha value is -1.18. The maximum atomic E-state index is 12.1. The Kier molecular flexibility index (Phi) is 6.16. The Balaban J connectivity index is 1.75. The first-order chi connectivity index (χ1) is 10.5. The second kappa shape index (κ2) is 7.89. The standard InChI is InChI=1S/C15H28N4O3/c1-11(2)16-15(21)17-14(20)12(3)18-5-7-19(8-6-18)13-4-9-22-10-13/h11-13H,4-10H2,1-3H3,(H2,16,17,20,21). The van der Waals surface area contributed by atoms with Crippen LogP contribution in [0.3, 0.4) is 0 Å². The summed E-state index contributed by atoms with van der Waals surface area (Å²) in [6.07, 6.45) is 1.10. The van der Waals surface area contributed by atoms with E-state index < -0.39 is 6.03 Å². The van der Waals surface area contributed by atoms with E-state index in [1.165, 1.54) is 0 Å². The van der Waals surface area contributed by atoms with E-state index in [9.17, 15) is 9.59 Å². The van der Waals surface area contributed by atoms with E-state index in [0.29, 0.717) is 6.04 Å². The Labute approximate surface area is 132 Å². The molecule has 2 aliphatic rings. The fourth-order valence-corrected chi connectivity index (χ4v) is 2.98. The number of nitrogens with one attached hydrogen (secondary N) is 2. The minimum absolute atomic E-state index is 0.0141. The third-order valence-electron chi connectivity index (χ3n) is 4.35. The third-order valence-corrected chi connectivity index (χ3v) is 4.35. The summed E-state index contributed by atoms with van der Waals surface area (Å²) in [5, 5.41) is 5.07. The summed E-state index contributed by atoms with van der Waals surface area (Å²) in [5.41, 5.74) is 0. The number of hydrogen-bond donors (Lipinski definition) is 2. The van der Waals surface area contributed by atoms with Crippen molar-refractivity contribution in [2.24, 2.45) is 0 Å². The summed E-state index contributed by atoms with van der Waals surface area (Å²) in [6, 6.07) is -0.170. The minimum atomic E-state index is -0.423. The van der Waals surface area contributed by atoms with Crippen molar-refractivity contribution in [1.29, 1.82) is 0 Å². The van der Waals surface area contributed by atoms with E-state index in [-0.39, 0.29) is 18.0 Å². The van der Waals surface area contributed by atoms with Gasteiger partial charge in [-0.2, -0.15) is 0 Å². The fourth-order valence-electron chi connectivity index (χ4n) is 2.98. The van der Waals surface area contributed by atoms with Crippen molar-refractivity contribution in [3.05, 3.63) is 0 Å². The molecule has 0 saturated carbocycles. The lowest BCUT2D eigenvalue weighted by Gasteiger charge is -2.39. The molecular weight excluding hydrogens is 284 g/mol. The van der Waals surface area contributed by atoms with Crippen LogP contribution in [-0.4, -0.2) is 79.3 Å². The molecule has 2 fully saturated rings. The summed E-state index contributed by atoms with van der Waals surface area (Å²) < 4.78 is 5.43. The van der Waals surface area contributed by atoms with E-state index in [2.05, 4.69) is 20.4 Å². The predicted molar refractivity (Wildman–Crippen MR) is 83.6 cm³/mol. The molecule has 2 heterocycles. The van der Waals surface area contributed by atoms with Gasteiger partial charge in [-0.15, -0.1) is 0 Å². The van der Waals surface area contributed by atoms with Crippen molar-refractivity contribution in [2.45, 2.75) is 45.3 Å². The Morgan fingerprint density at radius 1 is 1.14 bits per heavy atom. The zero-order valence-corrected chi connectivity index (χ0v) is 13.8. The first-order valence-electron chi connectivity index (χ1n) is 8.14. The number of ether oxygens (including phenoxy) is 1. The molecule has 2 unspecified atom stereocenters. The highest BCUT2D eigenvalue weighted by Crippen LogP contribution is 2.15. The summed E-state index contributed by atoms with van der Waals surface area (Å²) in [6.45, 7) is 10.8. The van der Waals surface area contributed by atoms with Crippen LogP contribution in [0.4, 0.5) is 4.79 Å². The van der Waals surface area contributed by atoms with Gasteiger partial charge in [-0.1, -0.05) is 0 Å². The summed E-state index contributed by atoms with van der Waals surface area (Å²) >= 11 is 0.